The number of fused-ring (bicyclic) bond motifs is 1. The lowest BCUT2D eigenvalue weighted by Crippen LogP contribution is -2.20. The highest BCUT2D eigenvalue weighted by Crippen LogP contribution is 2.22. The summed E-state index contributed by atoms with van der Waals surface area (Å²) < 4.78 is 6.03. The number of amides is 1. The Morgan fingerprint density at radius 3 is 2.81 bits per heavy atom. The number of anilines is 1. The third-order valence-corrected chi connectivity index (χ3v) is 4.69. The second-order valence-electron chi connectivity index (χ2n) is 5.83. The van der Waals surface area contributed by atoms with Gasteiger partial charge in [0.2, 0.25) is 0 Å². The quantitative estimate of drug-likeness (QED) is 0.545. The second kappa shape index (κ2) is 7.93. The Kier molecular flexibility index (Phi) is 5.43. The third kappa shape index (κ3) is 4.55. The van der Waals surface area contributed by atoms with Gasteiger partial charge in [0.1, 0.15) is 5.01 Å². The first-order valence-electron chi connectivity index (χ1n) is 8.09. The van der Waals surface area contributed by atoms with Crippen LogP contribution in [-0.2, 0) is 14.3 Å². The minimum absolute atomic E-state index is 0.337. The van der Waals surface area contributed by atoms with Crippen LogP contribution in [-0.4, -0.2) is 23.5 Å². The number of aromatic nitrogens is 1. The zero-order chi connectivity index (χ0) is 18.5. The third-order valence-electron chi connectivity index (χ3n) is 3.69. The van der Waals surface area contributed by atoms with Crippen molar-refractivity contribution in [2.24, 2.45) is 0 Å². The highest BCUT2D eigenvalue weighted by Gasteiger charge is 2.08. The van der Waals surface area contributed by atoms with Crippen molar-refractivity contribution < 1.29 is 14.3 Å². The summed E-state index contributed by atoms with van der Waals surface area (Å²) in [6, 6.07) is 13.5. The number of thiazole rings is 1. The van der Waals surface area contributed by atoms with Crippen LogP contribution in [0.2, 0.25) is 0 Å². The molecular weight excluding hydrogens is 348 g/mol. The van der Waals surface area contributed by atoms with E-state index < -0.39 is 5.97 Å². The lowest BCUT2D eigenvalue weighted by Gasteiger charge is -2.09. The van der Waals surface area contributed by atoms with Crippen LogP contribution < -0.4 is 5.32 Å². The first kappa shape index (κ1) is 17.8. The number of aryl methyl sites for hydroxylation is 2. The number of nitrogens with one attached hydrogen (secondary N) is 1. The van der Waals surface area contributed by atoms with Gasteiger partial charge in [0, 0.05) is 11.8 Å². The normalized spacial score (nSPS) is 11.0. The summed E-state index contributed by atoms with van der Waals surface area (Å²) in [5.74, 6) is -0.958. The summed E-state index contributed by atoms with van der Waals surface area (Å²) in [5.41, 5.74) is 3.60. The van der Waals surface area contributed by atoms with Crippen LogP contribution in [0, 0.1) is 13.8 Å². The van der Waals surface area contributed by atoms with Crippen molar-refractivity contribution in [1.82, 2.24) is 4.98 Å². The molecule has 1 amide bonds. The van der Waals surface area contributed by atoms with Gasteiger partial charge in [-0.1, -0.05) is 24.3 Å². The summed E-state index contributed by atoms with van der Waals surface area (Å²) in [7, 11) is 0. The standard InChI is InChI=1S/C20H18N2O3S/c1-13-7-8-14(2)16(11-13)21-18(23)12-25-20(24)10-9-19-22-15-5-3-4-6-17(15)26-19/h3-11H,12H2,1-2H3,(H,21,23)/b10-9+. The van der Waals surface area contributed by atoms with Crippen molar-refractivity contribution in [2.45, 2.75) is 13.8 Å². The number of rotatable bonds is 5. The zero-order valence-electron chi connectivity index (χ0n) is 14.5. The number of hydrogen-bond acceptors (Lipinski definition) is 5. The Bertz CT molecular complexity index is 959. The van der Waals surface area contributed by atoms with Gasteiger partial charge in [0.05, 0.1) is 10.2 Å². The predicted octanol–water partition coefficient (Wildman–Crippen LogP) is 4.11. The van der Waals surface area contributed by atoms with E-state index in [-0.39, 0.29) is 12.5 Å². The van der Waals surface area contributed by atoms with Gasteiger partial charge >= 0.3 is 5.97 Å². The van der Waals surface area contributed by atoms with E-state index in [2.05, 4.69) is 10.3 Å². The first-order chi connectivity index (χ1) is 12.5. The average molecular weight is 366 g/mol. The molecule has 0 aliphatic rings. The summed E-state index contributed by atoms with van der Waals surface area (Å²) >= 11 is 1.48. The maximum atomic E-state index is 11.9. The van der Waals surface area contributed by atoms with Crippen molar-refractivity contribution in [3.8, 4) is 0 Å². The molecule has 0 radical (unpaired) electrons. The van der Waals surface area contributed by atoms with Gasteiger partial charge < -0.3 is 10.1 Å². The SMILES string of the molecule is Cc1ccc(C)c(NC(=O)COC(=O)/C=C/c2nc3ccccc3s2)c1. The van der Waals surface area contributed by atoms with Crippen LogP contribution in [0.25, 0.3) is 16.3 Å². The zero-order valence-corrected chi connectivity index (χ0v) is 15.3. The van der Waals surface area contributed by atoms with Gasteiger partial charge in [0.15, 0.2) is 6.61 Å². The molecule has 0 aliphatic heterocycles. The second-order valence-corrected chi connectivity index (χ2v) is 6.89. The molecule has 0 aliphatic carbocycles. The summed E-state index contributed by atoms with van der Waals surface area (Å²) in [5, 5.41) is 3.46. The van der Waals surface area contributed by atoms with Gasteiger partial charge in [0.25, 0.3) is 5.91 Å². The van der Waals surface area contributed by atoms with Gasteiger partial charge in [-0.3, -0.25) is 4.79 Å². The van der Waals surface area contributed by atoms with Crippen molar-refractivity contribution >= 4 is 45.2 Å². The van der Waals surface area contributed by atoms with E-state index in [0.29, 0.717) is 5.01 Å². The van der Waals surface area contributed by atoms with E-state index in [1.165, 1.54) is 17.4 Å². The Balaban J connectivity index is 1.53. The Hall–Kier alpha value is -2.99. The molecule has 1 N–H and O–H groups in total. The number of ether oxygens (including phenoxy) is 1. The fourth-order valence-electron chi connectivity index (χ4n) is 2.34. The molecule has 0 fully saturated rings. The number of carbonyl (C=O) groups is 2. The number of esters is 1. The minimum atomic E-state index is -0.583. The van der Waals surface area contributed by atoms with Crippen LogP contribution in [0.3, 0.4) is 0 Å². The van der Waals surface area contributed by atoms with E-state index in [0.717, 1.165) is 27.0 Å². The van der Waals surface area contributed by atoms with Crippen molar-refractivity contribution in [3.05, 3.63) is 64.7 Å². The maximum Gasteiger partial charge on any atom is 0.331 e. The summed E-state index contributed by atoms with van der Waals surface area (Å²) in [6.45, 7) is 3.51. The molecule has 0 bridgehead atoms. The fourth-order valence-corrected chi connectivity index (χ4v) is 3.21. The highest BCUT2D eigenvalue weighted by molar-refractivity contribution is 7.19. The topological polar surface area (TPSA) is 68.3 Å². The molecule has 1 heterocycles. The molecule has 1 aromatic heterocycles. The van der Waals surface area contributed by atoms with E-state index in [1.807, 2.05) is 56.3 Å². The lowest BCUT2D eigenvalue weighted by molar-refractivity contribution is -0.142. The fraction of sp³-hybridized carbons (Fsp3) is 0.150. The van der Waals surface area contributed by atoms with Crippen LogP contribution in [0.5, 0.6) is 0 Å². The van der Waals surface area contributed by atoms with Crippen molar-refractivity contribution in [3.63, 3.8) is 0 Å². The predicted molar refractivity (Wildman–Crippen MR) is 104 cm³/mol. The number of para-hydroxylation sites is 1. The van der Waals surface area contributed by atoms with Crippen molar-refractivity contribution in [2.75, 3.05) is 11.9 Å². The Morgan fingerprint density at radius 2 is 2.00 bits per heavy atom. The molecule has 3 aromatic rings. The molecule has 3 rings (SSSR count). The number of carbonyl (C=O) groups excluding carboxylic acids is 2. The molecule has 26 heavy (non-hydrogen) atoms. The molecule has 2 aromatic carbocycles. The molecule has 5 nitrogen and oxygen atoms in total. The van der Waals surface area contributed by atoms with Crippen LogP contribution in [0.15, 0.2) is 48.5 Å². The van der Waals surface area contributed by atoms with Gasteiger partial charge in [-0.05, 0) is 49.2 Å². The maximum absolute atomic E-state index is 11.9. The minimum Gasteiger partial charge on any atom is -0.452 e. The van der Waals surface area contributed by atoms with E-state index >= 15 is 0 Å². The molecule has 0 atom stereocenters. The van der Waals surface area contributed by atoms with E-state index in [9.17, 15) is 9.59 Å². The number of benzene rings is 2. The smallest absolute Gasteiger partial charge is 0.331 e. The van der Waals surface area contributed by atoms with Crippen molar-refractivity contribution in [1.29, 1.82) is 0 Å². The summed E-state index contributed by atoms with van der Waals surface area (Å²) in [6.07, 6.45) is 2.87. The molecule has 132 valence electrons. The Morgan fingerprint density at radius 1 is 1.19 bits per heavy atom. The average Bonchev–Trinajstić information content (AvgIpc) is 3.04. The molecule has 0 saturated heterocycles. The van der Waals surface area contributed by atoms with Crippen LogP contribution in [0.4, 0.5) is 5.69 Å². The van der Waals surface area contributed by atoms with Gasteiger partial charge in [-0.15, -0.1) is 11.3 Å². The number of nitrogens with zero attached hydrogens (tertiary/aromatic N) is 1. The summed E-state index contributed by atoms with van der Waals surface area (Å²) in [4.78, 5) is 28.1. The largest absolute Gasteiger partial charge is 0.452 e. The van der Waals surface area contributed by atoms with Gasteiger partial charge in [-0.2, -0.15) is 0 Å². The van der Waals surface area contributed by atoms with E-state index in [4.69, 9.17) is 4.74 Å². The van der Waals surface area contributed by atoms with Gasteiger partial charge in [-0.25, -0.2) is 9.78 Å². The molecular formula is C20H18N2O3S. The van der Waals surface area contributed by atoms with E-state index in [1.54, 1.807) is 6.08 Å². The lowest BCUT2D eigenvalue weighted by atomic mass is 10.1. The molecule has 0 unspecified atom stereocenters. The molecule has 0 saturated carbocycles. The van der Waals surface area contributed by atoms with Crippen LogP contribution >= 0.6 is 11.3 Å². The Labute approximate surface area is 155 Å². The highest BCUT2D eigenvalue weighted by atomic mass is 32.1. The molecule has 0 spiro atoms. The molecule has 6 heteroatoms. The monoisotopic (exact) mass is 366 g/mol. The first-order valence-corrected chi connectivity index (χ1v) is 8.90. The number of hydrogen-bond donors (Lipinski definition) is 1. The van der Waals surface area contributed by atoms with Crippen LogP contribution in [0.1, 0.15) is 16.1 Å².